The van der Waals surface area contributed by atoms with E-state index in [2.05, 4.69) is 4.74 Å². The summed E-state index contributed by atoms with van der Waals surface area (Å²) in [5.41, 5.74) is 2.38. The number of aryl methyl sites for hydroxylation is 4. The van der Waals surface area contributed by atoms with Gasteiger partial charge in [-0.2, -0.15) is 13.2 Å². The first-order valence-electron chi connectivity index (χ1n) is 12.7. The summed E-state index contributed by atoms with van der Waals surface area (Å²) in [6.07, 6.45) is -2.10. The van der Waals surface area contributed by atoms with Gasteiger partial charge >= 0.3 is 6.18 Å². The fraction of sp³-hybridized carbons (Fsp3) is 0.290. The first-order valence-corrected chi connectivity index (χ1v) is 12.7. The molecule has 39 heavy (non-hydrogen) atoms. The lowest BCUT2D eigenvalue weighted by molar-refractivity contribution is -0.153. The standard InChI is InChI=1S/C31H27F7O/c1-2-3-21-16-26(32)25(27(33)17-21)12-6-19-5-11-24-23(14-19)10-9-22(30(24)35)8-4-20-7-13-29(28(34)15-20)39-18-31(36,37)38/h5,7,9-11,13-17H,2-4,6,8,12,18H2,1H3. The van der Waals surface area contributed by atoms with Crippen molar-refractivity contribution in [2.45, 2.75) is 51.6 Å². The highest BCUT2D eigenvalue weighted by Gasteiger charge is 2.29. The van der Waals surface area contributed by atoms with Gasteiger partial charge in [0.05, 0.1) is 0 Å². The zero-order chi connectivity index (χ0) is 28.2. The molecule has 1 nitrogen and oxygen atoms in total. The molecular formula is C31H27F7O. The molecule has 0 radical (unpaired) electrons. The van der Waals surface area contributed by atoms with Crippen LogP contribution in [0, 0.1) is 23.3 Å². The first kappa shape index (κ1) is 28.5. The van der Waals surface area contributed by atoms with Gasteiger partial charge in [-0.25, -0.2) is 17.6 Å². The highest BCUT2D eigenvalue weighted by Crippen LogP contribution is 2.27. The summed E-state index contributed by atoms with van der Waals surface area (Å²) in [6.45, 7) is 0.353. The van der Waals surface area contributed by atoms with Crippen LogP contribution in [-0.2, 0) is 32.1 Å². The van der Waals surface area contributed by atoms with Gasteiger partial charge < -0.3 is 4.74 Å². The van der Waals surface area contributed by atoms with Crippen LogP contribution >= 0.6 is 0 Å². The normalized spacial score (nSPS) is 11.8. The van der Waals surface area contributed by atoms with Gasteiger partial charge in [0.15, 0.2) is 18.2 Å². The smallest absolute Gasteiger partial charge is 0.422 e. The molecule has 0 aliphatic carbocycles. The Morgan fingerprint density at radius 1 is 0.641 bits per heavy atom. The topological polar surface area (TPSA) is 9.23 Å². The van der Waals surface area contributed by atoms with Crippen LogP contribution in [0.2, 0.25) is 0 Å². The van der Waals surface area contributed by atoms with E-state index in [4.69, 9.17) is 0 Å². The molecule has 0 atom stereocenters. The lowest BCUT2D eigenvalue weighted by Crippen LogP contribution is -2.19. The maximum atomic E-state index is 15.2. The van der Waals surface area contributed by atoms with Crippen molar-refractivity contribution < 1.29 is 35.5 Å². The largest absolute Gasteiger partial charge is 0.481 e. The van der Waals surface area contributed by atoms with E-state index in [0.717, 1.165) is 24.1 Å². The molecule has 0 unspecified atom stereocenters. The Morgan fingerprint density at radius 3 is 1.95 bits per heavy atom. The molecule has 0 bridgehead atoms. The average Bonchev–Trinajstić information content (AvgIpc) is 2.87. The Kier molecular flexibility index (Phi) is 8.83. The lowest BCUT2D eigenvalue weighted by Gasteiger charge is -2.12. The van der Waals surface area contributed by atoms with Crippen LogP contribution in [0.15, 0.2) is 60.7 Å². The minimum absolute atomic E-state index is 0.0351. The van der Waals surface area contributed by atoms with Crippen molar-refractivity contribution in [3.8, 4) is 5.75 Å². The summed E-state index contributed by atoms with van der Waals surface area (Å²) in [4.78, 5) is 0. The average molecular weight is 549 g/mol. The number of halogens is 7. The van der Waals surface area contributed by atoms with Gasteiger partial charge in [0, 0.05) is 10.9 Å². The minimum Gasteiger partial charge on any atom is -0.481 e. The van der Waals surface area contributed by atoms with E-state index in [1.54, 1.807) is 30.3 Å². The summed E-state index contributed by atoms with van der Waals surface area (Å²) >= 11 is 0. The SMILES string of the molecule is CCCc1cc(F)c(CCc2ccc3c(F)c(CCc4ccc(OCC(F)(F)F)c(F)c4)ccc3c2)c(F)c1. The predicted molar refractivity (Wildman–Crippen MR) is 137 cm³/mol. The minimum atomic E-state index is -4.57. The molecule has 0 aliphatic rings. The van der Waals surface area contributed by atoms with Gasteiger partial charge in [-0.3, -0.25) is 0 Å². The number of fused-ring (bicyclic) bond motifs is 1. The van der Waals surface area contributed by atoms with E-state index >= 15 is 4.39 Å². The van der Waals surface area contributed by atoms with E-state index in [1.165, 1.54) is 18.2 Å². The molecule has 206 valence electrons. The molecule has 0 saturated carbocycles. The zero-order valence-electron chi connectivity index (χ0n) is 21.3. The highest BCUT2D eigenvalue weighted by atomic mass is 19.4. The maximum absolute atomic E-state index is 15.2. The van der Waals surface area contributed by atoms with Crippen molar-refractivity contribution in [1.29, 1.82) is 0 Å². The van der Waals surface area contributed by atoms with E-state index in [9.17, 15) is 26.3 Å². The number of alkyl halides is 3. The van der Waals surface area contributed by atoms with Crippen LogP contribution in [0.1, 0.15) is 41.2 Å². The number of ether oxygens (including phenoxy) is 1. The van der Waals surface area contributed by atoms with Crippen LogP contribution in [0.4, 0.5) is 30.7 Å². The van der Waals surface area contributed by atoms with E-state index in [-0.39, 0.29) is 24.8 Å². The lowest BCUT2D eigenvalue weighted by atomic mass is 9.96. The highest BCUT2D eigenvalue weighted by molar-refractivity contribution is 5.84. The molecule has 0 amide bonds. The van der Waals surface area contributed by atoms with Crippen molar-refractivity contribution in [3.05, 3.63) is 112 Å². The molecule has 0 N–H and O–H groups in total. The molecule has 0 fully saturated rings. The van der Waals surface area contributed by atoms with Gasteiger partial charge in [-0.15, -0.1) is 0 Å². The molecule has 0 heterocycles. The maximum Gasteiger partial charge on any atom is 0.422 e. The van der Waals surface area contributed by atoms with E-state index < -0.39 is 41.8 Å². The van der Waals surface area contributed by atoms with Gasteiger partial charge in [0.25, 0.3) is 0 Å². The van der Waals surface area contributed by atoms with Crippen molar-refractivity contribution >= 4 is 10.8 Å². The molecule has 0 saturated heterocycles. The number of hydrogen-bond acceptors (Lipinski definition) is 1. The molecule has 4 aromatic rings. The quantitative estimate of drug-likeness (QED) is 0.180. The molecule has 0 aromatic heterocycles. The van der Waals surface area contributed by atoms with Crippen molar-refractivity contribution in [2.24, 2.45) is 0 Å². The summed E-state index contributed by atoms with van der Waals surface area (Å²) in [6, 6.07) is 15.0. The van der Waals surface area contributed by atoms with Crippen LogP contribution < -0.4 is 4.74 Å². The molecule has 0 aliphatic heterocycles. The fourth-order valence-corrected chi connectivity index (χ4v) is 4.59. The van der Waals surface area contributed by atoms with E-state index in [1.807, 2.05) is 6.92 Å². The predicted octanol–water partition coefficient (Wildman–Crippen LogP) is 8.86. The second kappa shape index (κ2) is 12.1. The summed E-state index contributed by atoms with van der Waals surface area (Å²) in [5, 5.41) is 1.03. The third-order valence-corrected chi connectivity index (χ3v) is 6.57. The Morgan fingerprint density at radius 2 is 1.28 bits per heavy atom. The Labute approximate surface area is 222 Å². The second-order valence-corrected chi connectivity index (χ2v) is 9.55. The molecule has 4 aromatic carbocycles. The fourth-order valence-electron chi connectivity index (χ4n) is 4.59. The molecule has 4 rings (SSSR count). The summed E-state index contributed by atoms with van der Waals surface area (Å²) < 4.78 is 99.6. The number of hydrogen-bond donors (Lipinski definition) is 0. The number of benzene rings is 4. The molecule has 0 spiro atoms. The van der Waals surface area contributed by atoms with Gasteiger partial charge in [0.1, 0.15) is 17.5 Å². The van der Waals surface area contributed by atoms with Crippen LogP contribution in [0.3, 0.4) is 0 Å². The van der Waals surface area contributed by atoms with Crippen LogP contribution in [-0.4, -0.2) is 12.8 Å². The summed E-state index contributed by atoms with van der Waals surface area (Å²) in [7, 11) is 0. The monoisotopic (exact) mass is 548 g/mol. The van der Waals surface area contributed by atoms with Crippen molar-refractivity contribution in [3.63, 3.8) is 0 Å². The Balaban J connectivity index is 1.42. The van der Waals surface area contributed by atoms with Gasteiger partial charge in [0.2, 0.25) is 0 Å². The van der Waals surface area contributed by atoms with E-state index in [0.29, 0.717) is 40.3 Å². The molecular weight excluding hydrogens is 521 g/mol. The van der Waals surface area contributed by atoms with Gasteiger partial charge in [-0.1, -0.05) is 49.7 Å². The number of rotatable bonds is 10. The third kappa shape index (κ3) is 7.31. The van der Waals surface area contributed by atoms with Crippen molar-refractivity contribution in [2.75, 3.05) is 6.61 Å². The Hall–Kier alpha value is -3.55. The first-order chi connectivity index (χ1) is 18.5. The van der Waals surface area contributed by atoms with Crippen LogP contribution in [0.25, 0.3) is 10.8 Å². The zero-order valence-corrected chi connectivity index (χ0v) is 21.3. The summed E-state index contributed by atoms with van der Waals surface area (Å²) in [5.74, 6) is -2.95. The van der Waals surface area contributed by atoms with Crippen molar-refractivity contribution in [1.82, 2.24) is 0 Å². The third-order valence-electron chi connectivity index (χ3n) is 6.57. The van der Waals surface area contributed by atoms with Gasteiger partial charge in [-0.05, 0) is 84.0 Å². The molecule has 8 heteroatoms. The Bertz CT molecular complexity index is 1440. The second-order valence-electron chi connectivity index (χ2n) is 9.55. The van der Waals surface area contributed by atoms with Crippen LogP contribution in [0.5, 0.6) is 5.75 Å².